The number of aromatic nitrogens is 1. The van der Waals surface area contributed by atoms with Crippen molar-refractivity contribution in [3.05, 3.63) is 30.1 Å². The molecule has 0 radical (unpaired) electrons. The highest BCUT2D eigenvalue weighted by Gasteiger charge is 2.47. The Kier molecular flexibility index (Phi) is 5.20. The zero-order chi connectivity index (χ0) is 17.2. The van der Waals surface area contributed by atoms with Gasteiger partial charge in [-0.3, -0.25) is 14.7 Å². The van der Waals surface area contributed by atoms with E-state index in [0.717, 1.165) is 18.5 Å². The van der Waals surface area contributed by atoms with Crippen molar-refractivity contribution < 1.29 is 13.2 Å². The van der Waals surface area contributed by atoms with Gasteiger partial charge < -0.3 is 4.90 Å². The van der Waals surface area contributed by atoms with Crippen LogP contribution in [0.15, 0.2) is 24.4 Å². The molecule has 7 heteroatoms. The molecule has 1 aromatic heterocycles. The number of rotatable bonds is 5. The van der Waals surface area contributed by atoms with Crippen LogP contribution < -0.4 is 0 Å². The quantitative estimate of drug-likeness (QED) is 0.794. The summed E-state index contributed by atoms with van der Waals surface area (Å²) in [5.74, 6) is 0.331. The lowest BCUT2D eigenvalue weighted by Gasteiger charge is -2.43. The number of amides is 1. The van der Waals surface area contributed by atoms with Gasteiger partial charge in [-0.25, -0.2) is 8.42 Å². The van der Waals surface area contributed by atoms with Crippen LogP contribution in [0.3, 0.4) is 0 Å². The molecule has 3 rings (SSSR count). The Morgan fingerprint density at radius 3 is 2.75 bits per heavy atom. The minimum atomic E-state index is -3.10. The lowest BCUT2D eigenvalue weighted by molar-refractivity contribution is -0.137. The van der Waals surface area contributed by atoms with Crippen LogP contribution in [0.1, 0.15) is 31.9 Å². The van der Waals surface area contributed by atoms with Crippen molar-refractivity contribution >= 4 is 15.7 Å². The van der Waals surface area contributed by atoms with Gasteiger partial charge in [-0.1, -0.05) is 19.4 Å². The van der Waals surface area contributed by atoms with Crippen LogP contribution in [0.5, 0.6) is 0 Å². The van der Waals surface area contributed by atoms with Gasteiger partial charge in [0.25, 0.3) is 0 Å². The van der Waals surface area contributed by atoms with Gasteiger partial charge in [-0.2, -0.15) is 0 Å². The molecular formula is C17H25N3O3S. The molecule has 0 aromatic carbocycles. The molecule has 2 aliphatic heterocycles. The minimum Gasteiger partial charge on any atom is -0.336 e. The first-order valence-corrected chi connectivity index (χ1v) is 10.5. The van der Waals surface area contributed by atoms with E-state index in [1.807, 2.05) is 23.1 Å². The Morgan fingerprint density at radius 1 is 1.25 bits per heavy atom. The maximum Gasteiger partial charge on any atom is 0.222 e. The Balaban J connectivity index is 1.76. The van der Waals surface area contributed by atoms with Crippen LogP contribution >= 0.6 is 0 Å². The van der Waals surface area contributed by atoms with Gasteiger partial charge in [-0.15, -0.1) is 0 Å². The smallest absolute Gasteiger partial charge is 0.222 e. The molecule has 0 aliphatic carbocycles. The molecule has 24 heavy (non-hydrogen) atoms. The van der Waals surface area contributed by atoms with Crippen molar-refractivity contribution in [3.8, 4) is 0 Å². The van der Waals surface area contributed by atoms with Crippen LogP contribution in [-0.4, -0.2) is 65.8 Å². The van der Waals surface area contributed by atoms with Gasteiger partial charge in [0.1, 0.15) is 0 Å². The molecule has 0 saturated carbocycles. The largest absolute Gasteiger partial charge is 0.336 e. The molecule has 1 aromatic rings. The number of fused-ring (bicyclic) bond motifs is 1. The molecule has 0 unspecified atom stereocenters. The molecule has 3 heterocycles. The number of nitrogens with zero attached hydrogens (tertiary/aromatic N) is 3. The Hall–Kier alpha value is -1.47. The number of sulfone groups is 1. The van der Waals surface area contributed by atoms with Crippen LogP contribution in [0.2, 0.25) is 0 Å². The van der Waals surface area contributed by atoms with Crippen LogP contribution in [0, 0.1) is 0 Å². The number of hydrogen-bond donors (Lipinski definition) is 0. The Morgan fingerprint density at radius 2 is 2.04 bits per heavy atom. The molecule has 0 bridgehead atoms. The predicted molar refractivity (Wildman–Crippen MR) is 92.1 cm³/mol. The van der Waals surface area contributed by atoms with Crippen LogP contribution in [0.4, 0.5) is 0 Å². The summed E-state index contributed by atoms with van der Waals surface area (Å²) in [7, 11) is -3.10. The number of hydrogen-bond acceptors (Lipinski definition) is 5. The van der Waals surface area contributed by atoms with Gasteiger partial charge in [0.15, 0.2) is 9.84 Å². The summed E-state index contributed by atoms with van der Waals surface area (Å²) in [5.41, 5.74) is 0.936. The van der Waals surface area contributed by atoms with E-state index in [9.17, 15) is 13.2 Å². The molecule has 2 saturated heterocycles. The third-order valence-corrected chi connectivity index (χ3v) is 6.65. The van der Waals surface area contributed by atoms with Gasteiger partial charge >= 0.3 is 0 Å². The minimum absolute atomic E-state index is 0.0915. The fourth-order valence-corrected chi connectivity index (χ4v) is 5.71. The standard InChI is InChI=1S/C17H25N3O3S/c1-2-3-7-17(21)20-10-9-19(11-14-6-4-5-8-18-14)15-12-24(22,23)13-16(15)20/h4-6,8,15-16H,2-3,7,9-13H2,1H3/t15-,16+/m1/s1. The third-order valence-electron chi connectivity index (χ3n) is 4.95. The molecule has 6 nitrogen and oxygen atoms in total. The van der Waals surface area contributed by atoms with Crippen molar-refractivity contribution in [2.75, 3.05) is 24.6 Å². The summed E-state index contributed by atoms with van der Waals surface area (Å²) in [6.07, 6.45) is 4.09. The molecule has 1 amide bonds. The monoisotopic (exact) mass is 351 g/mol. The van der Waals surface area contributed by atoms with Gasteiger partial charge in [0.05, 0.1) is 23.2 Å². The first kappa shape index (κ1) is 17.4. The number of carbonyl (C=O) groups is 1. The van der Waals surface area contributed by atoms with E-state index in [2.05, 4.69) is 16.8 Å². The number of carbonyl (C=O) groups excluding carboxylic acids is 1. The number of piperazine rings is 1. The molecule has 0 N–H and O–H groups in total. The van der Waals surface area contributed by atoms with E-state index in [-0.39, 0.29) is 29.5 Å². The highest BCUT2D eigenvalue weighted by atomic mass is 32.2. The highest BCUT2D eigenvalue weighted by molar-refractivity contribution is 7.91. The number of pyridine rings is 1. The molecule has 2 fully saturated rings. The second kappa shape index (κ2) is 7.19. The predicted octanol–water partition coefficient (Wildman–Crippen LogP) is 1.08. The Bertz CT molecular complexity index is 678. The van der Waals surface area contributed by atoms with E-state index in [1.54, 1.807) is 6.20 Å². The fourth-order valence-electron chi connectivity index (χ4n) is 3.70. The van der Waals surface area contributed by atoms with Crippen molar-refractivity contribution in [3.63, 3.8) is 0 Å². The average Bonchev–Trinajstić information content (AvgIpc) is 2.89. The van der Waals surface area contributed by atoms with Crippen molar-refractivity contribution in [2.45, 2.75) is 44.8 Å². The van der Waals surface area contributed by atoms with E-state index < -0.39 is 9.84 Å². The van der Waals surface area contributed by atoms with Gasteiger partial charge in [0, 0.05) is 38.3 Å². The van der Waals surface area contributed by atoms with Gasteiger partial charge in [-0.05, 0) is 18.6 Å². The van der Waals surface area contributed by atoms with Crippen LogP contribution in [0.25, 0.3) is 0 Å². The molecule has 132 valence electrons. The third kappa shape index (κ3) is 3.78. The first-order valence-electron chi connectivity index (χ1n) is 8.64. The summed E-state index contributed by atoms with van der Waals surface area (Å²) in [4.78, 5) is 20.8. The second-order valence-corrected chi connectivity index (χ2v) is 8.85. The van der Waals surface area contributed by atoms with Crippen molar-refractivity contribution in [2.24, 2.45) is 0 Å². The zero-order valence-corrected chi connectivity index (χ0v) is 14.9. The van der Waals surface area contributed by atoms with E-state index in [4.69, 9.17) is 0 Å². The second-order valence-electron chi connectivity index (χ2n) is 6.69. The van der Waals surface area contributed by atoms with Crippen molar-refractivity contribution in [1.29, 1.82) is 0 Å². The maximum atomic E-state index is 12.5. The highest BCUT2D eigenvalue weighted by Crippen LogP contribution is 2.28. The first-order chi connectivity index (χ1) is 11.5. The Labute approximate surface area is 143 Å². The van der Waals surface area contributed by atoms with E-state index in [1.165, 1.54) is 0 Å². The lowest BCUT2D eigenvalue weighted by Crippen LogP contribution is -2.60. The summed E-state index contributed by atoms with van der Waals surface area (Å²) in [6, 6.07) is 5.44. The van der Waals surface area contributed by atoms with Gasteiger partial charge in [0.2, 0.25) is 5.91 Å². The lowest BCUT2D eigenvalue weighted by atomic mass is 10.0. The normalized spacial score (nSPS) is 26.3. The summed E-state index contributed by atoms with van der Waals surface area (Å²) in [5, 5.41) is 0. The molecule has 0 spiro atoms. The van der Waals surface area contributed by atoms with Crippen molar-refractivity contribution in [1.82, 2.24) is 14.8 Å². The summed E-state index contributed by atoms with van der Waals surface area (Å²) >= 11 is 0. The van der Waals surface area contributed by atoms with Crippen LogP contribution in [-0.2, 0) is 21.2 Å². The summed E-state index contributed by atoms with van der Waals surface area (Å²) in [6.45, 7) is 3.99. The zero-order valence-electron chi connectivity index (χ0n) is 14.1. The fraction of sp³-hybridized carbons (Fsp3) is 0.647. The average molecular weight is 351 g/mol. The summed E-state index contributed by atoms with van der Waals surface area (Å²) < 4.78 is 24.4. The topological polar surface area (TPSA) is 70.6 Å². The SMILES string of the molecule is CCCCC(=O)N1CCN(Cc2ccccn2)[C@@H]2CS(=O)(=O)C[C@@H]21. The number of unbranched alkanes of at least 4 members (excludes halogenated alkanes) is 1. The molecule has 2 aliphatic rings. The van der Waals surface area contributed by atoms with E-state index in [0.29, 0.717) is 26.1 Å². The molecular weight excluding hydrogens is 326 g/mol. The molecule has 2 atom stereocenters. The maximum absolute atomic E-state index is 12.5. The van der Waals surface area contributed by atoms with E-state index >= 15 is 0 Å².